The van der Waals surface area contributed by atoms with Crippen molar-refractivity contribution < 1.29 is 23.0 Å². The molecule has 0 spiro atoms. The Hall–Kier alpha value is -1.89. The van der Waals surface area contributed by atoms with Crippen molar-refractivity contribution in [2.75, 3.05) is 19.6 Å². The van der Waals surface area contributed by atoms with Gasteiger partial charge in [0.1, 0.15) is 17.6 Å². The summed E-state index contributed by atoms with van der Waals surface area (Å²) in [4.78, 5) is 13.4. The third-order valence-electron chi connectivity index (χ3n) is 4.71. The van der Waals surface area contributed by atoms with E-state index in [-0.39, 0.29) is 11.5 Å². The number of benzene rings is 2. The van der Waals surface area contributed by atoms with Crippen LogP contribution in [0.1, 0.15) is 44.0 Å². The minimum absolute atomic E-state index is 0.00907. The number of nitrogens with zero attached hydrogens (tertiary/aromatic N) is 1. The number of ether oxygens (including phenoxy) is 2. The van der Waals surface area contributed by atoms with E-state index in [2.05, 4.69) is 16.6 Å². The summed E-state index contributed by atoms with van der Waals surface area (Å²) < 4.78 is 35.1. The molecule has 4 nitrogen and oxygen atoms in total. The molecule has 3 rings (SSSR count). The van der Waals surface area contributed by atoms with Crippen LogP contribution in [0.2, 0.25) is 10.0 Å². The van der Waals surface area contributed by atoms with Crippen LogP contribution >= 0.6 is 23.2 Å². The monoisotopic (exact) mass is 473 g/mol. The Morgan fingerprint density at radius 1 is 1.10 bits per heavy atom. The lowest BCUT2D eigenvalue weighted by Crippen LogP contribution is -2.37. The number of likely N-dealkylation sites (tertiary alicyclic amines) is 1. The maximum absolute atomic E-state index is 12.4. The van der Waals surface area contributed by atoms with E-state index >= 15 is 0 Å². The number of alkyl halides is 2. The number of carbonyl (C=O) groups excluding carboxylic acids is 1. The maximum Gasteiger partial charge on any atom is 0.394 e. The first kappa shape index (κ1) is 25.4. The Labute approximate surface area is 192 Å². The molecule has 0 unspecified atom stereocenters. The van der Waals surface area contributed by atoms with Gasteiger partial charge in [0.15, 0.2) is 5.78 Å². The van der Waals surface area contributed by atoms with E-state index < -0.39 is 6.11 Å². The molecule has 1 saturated heterocycles. The number of carbonyl (C=O) groups is 1. The van der Waals surface area contributed by atoms with Gasteiger partial charge >= 0.3 is 6.11 Å². The van der Waals surface area contributed by atoms with Crippen LogP contribution in [-0.4, -0.2) is 42.5 Å². The number of ketones is 1. The number of Topliss-reactive ketones (excluding diaryl/α,β-unsaturated/α-hetero) is 1. The molecule has 170 valence electrons. The molecule has 1 aliphatic heterocycles. The molecule has 0 bridgehead atoms. The maximum atomic E-state index is 12.4. The number of piperidine rings is 1. The third kappa shape index (κ3) is 9.01. The highest BCUT2D eigenvalue weighted by molar-refractivity contribution is 6.42. The fraction of sp³-hybridized carbons (Fsp3) is 0.435. The van der Waals surface area contributed by atoms with Gasteiger partial charge < -0.3 is 14.4 Å². The Morgan fingerprint density at radius 2 is 1.77 bits per heavy atom. The average molecular weight is 474 g/mol. The molecule has 31 heavy (non-hydrogen) atoms. The average Bonchev–Trinajstić information content (AvgIpc) is 2.71. The zero-order valence-corrected chi connectivity index (χ0v) is 19.4. The van der Waals surface area contributed by atoms with Gasteiger partial charge in [0.25, 0.3) is 0 Å². The van der Waals surface area contributed by atoms with Crippen LogP contribution in [0.3, 0.4) is 0 Å². The van der Waals surface area contributed by atoms with E-state index in [0.717, 1.165) is 38.2 Å². The molecule has 0 aromatic heterocycles. The zero-order valence-electron chi connectivity index (χ0n) is 17.8. The largest absolute Gasteiger partial charge is 0.490 e. The van der Waals surface area contributed by atoms with Crippen LogP contribution < -0.4 is 9.47 Å². The van der Waals surface area contributed by atoms with E-state index in [1.54, 1.807) is 18.2 Å². The molecular weight excluding hydrogens is 447 g/mol. The van der Waals surface area contributed by atoms with Crippen molar-refractivity contribution in [1.82, 2.24) is 4.90 Å². The van der Waals surface area contributed by atoms with Crippen molar-refractivity contribution in [3.8, 4) is 11.5 Å². The van der Waals surface area contributed by atoms with Crippen LogP contribution in [0.15, 0.2) is 42.5 Å². The molecule has 0 N–H and O–H groups in total. The van der Waals surface area contributed by atoms with Gasteiger partial charge in [0.05, 0.1) is 10.0 Å². The number of hydrogen-bond acceptors (Lipinski definition) is 4. The highest BCUT2D eigenvalue weighted by Crippen LogP contribution is 2.28. The number of hydrogen-bond donors (Lipinski definition) is 0. The van der Waals surface area contributed by atoms with Gasteiger partial charge in [-0.25, -0.2) is 0 Å². The molecule has 0 aliphatic carbocycles. The minimum atomic E-state index is -3.23. The molecular formula is C23H27Cl2F2NO3. The zero-order chi connectivity index (χ0) is 23.0. The minimum Gasteiger partial charge on any atom is -0.490 e. The van der Waals surface area contributed by atoms with Gasteiger partial charge in [-0.3, -0.25) is 4.79 Å². The van der Waals surface area contributed by atoms with Gasteiger partial charge in [0, 0.05) is 31.6 Å². The lowest BCUT2D eigenvalue weighted by molar-refractivity contribution is -0.158. The van der Waals surface area contributed by atoms with Crippen molar-refractivity contribution in [3.05, 3.63) is 58.1 Å². The first-order valence-electron chi connectivity index (χ1n) is 10.1. The predicted octanol–water partition coefficient (Wildman–Crippen LogP) is 6.74. The van der Waals surface area contributed by atoms with Crippen molar-refractivity contribution in [2.45, 2.75) is 45.8 Å². The van der Waals surface area contributed by atoms with E-state index in [0.29, 0.717) is 28.6 Å². The summed E-state index contributed by atoms with van der Waals surface area (Å²) in [6, 6.07) is 11.2. The van der Waals surface area contributed by atoms with E-state index in [4.69, 9.17) is 27.9 Å². The summed E-state index contributed by atoms with van der Waals surface area (Å²) in [5, 5.41) is 1.12. The third-order valence-corrected chi connectivity index (χ3v) is 5.45. The first-order chi connectivity index (χ1) is 14.6. The molecule has 0 atom stereocenters. The highest BCUT2D eigenvalue weighted by Gasteiger charge is 2.23. The quantitative estimate of drug-likeness (QED) is 0.435. The lowest BCUT2D eigenvalue weighted by atomic mass is 10.1. The normalized spacial score (nSPS) is 15.1. The van der Waals surface area contributed by atoms with Gasteiger partial charge in [-0.05, 0) is 50.6 Å². The molecule has 1 heterocycles. The topological polar surface area (TPSA) is 38.8 Å². The highest BCUT2D eigenvalue weighted by atomic mass is 35.5. The van der Waals surface area contributed by atoms with Gasteiger partial charge in [-0.1, -0.05) is 42.3 Å². The number of rotatable bonds is 6. The molecule has 2 aromatic rings. The summed E-state index contributed by atoms with van der Waals surface area (Å²) in [6.45, 7) is 7.56. The van der Waals surface area contributed by atoms with Gasteiger partial charge in [0.2, 0.25) is 0 Å². The lowest BCUT2D eigenvalue weighted by Gasteiger charge is -2.31. The van der Waals surface area contributed by atoms with Gasteiger partial charge in [-0.15, -0.1) is 0 Å². The van der Waals surface area contributed by atoms with Gasteiger partial charge in [-0.2, -0.15) is 8.78 Å². The second kappa shape index (κ2) is 11.7. The molecule has 0 saturated carbocycles. The smallest absolute Gasteiger partial charge is 0.394 e. The van der Waals surface area contributed by atoms with Crippen molar-refractivity contribution in [3.63, 3.8) is 0 Å². The summed E-state index contributed by atoms with van der Waals surface area (Å²) in [5.41, 5.74) is 0.353. The van der Waals surface area contributed by atoms with Crippen molar-refractivity contribution >= 4 is 29.0 Å². The molecule has 0 amide bonds. The van der Waals surface area contributed by atoms with Crippen molar-refractivity contribution in [1.29, 1.82) is 0 Å². The Bertz CT molecular complexity index is 866. The summed E-state index contributed by atoms with van der Waals surface area (Å²) in [6.07, 6.45) is -0.771. The first-order valence-corrected chi connectivity index (χ1v) is 10.8. The molecule has 0 radical (unpaired) electrons. The van der Waals surface area contributed by atoms with E-state index in [1.165, 1.54) is 25.1 Å². The molecule has 1 aliphatic rings. The van der Waals surface area contributed by atoms with E-state index in [1.807, 2.05) is 6.07 Å². The Kier molecular flexibility index (Phi) is 9.54. The summed E-state index contributed by atoms with van der Waals surface area (Å²) in [7, 11) is 0. The Balaban J connectivity index is 0.000000225. The fourth-order valence-electron chi connectivity index (χ4n) is 3.07. The molecule has 2 aromatic carbocycles. The van der Waals surface area contributed by atoms with Crippen LogP contribution in [0, 0.1) is 0 Å². The number of halogens is 4. The predicted molar refractivity (Wildman–Crippen MR) is 120 cm³/mol. The van der Waals surface area contributed by atoms with Crippen LogP contribution in [0.25, 0.3) is 0 Å². The second-order valence-corrected chi connectivity index (χ2v) is 8.14. The van der Waals surface area contributed by atoms with E-state index in [9.17, 15) is 13.6 Å². The second-order valence-electron chi connectivity index (χ2n) is 7.32. The van der Waals surface area contributed by atoms with Crippen LogP contribution in [0.4, 0.5) is 8.78 Å². The standard InChI is InChI=1S/C13H17Cl2NO.C10H10F2O2/c1-2-16-7-5-10(6-8-16)17-11-3-4-12(14)13(15)9-11;1-7(13)8-4-3-5-9(6-8)14-10(2,11)12/h3-4,9-10H,2,5-8H2,1H3;3-6H,1-2H3. The summed E-state index contributed by atoms with van der Waals surface area (Å²) >= 11 is 11.8. The van der Waals surface area contributed by atoms with Crippen LogP contribution in [0.5, 0.6) is 11.5 Å². The summed E-state index contributed by atoms with van der Waals surface area (Å²) in [5.74, 6) is 0.620. The van der Waals surface area contributed by atoms with Crippen molar-refractivity contribution in [2.24, 2.45) is 0 Å². The molecule has 1 fully saturated rings. The molecule has 8 heteroatoms. The van der Waals surface area contributed by atoms with Crippen LogP contribution in [-0.2, 0) is 0 Å². The fourth-order valence-corrected chi connectivity index (χ4v) is 3.36. The SMILES string of the molecule is CC(=O)c1cccc(OC(C)(F)F)c1.CCN1CCC(Oc2ccc(Cl)c(Cl)c2)CC1. The Morgan fingerprint density at radius 3 is 2.32 bits per heavy atom.